The first-order valence-corrected chi connectivity index (χ1v) is 8.53. The zero-order valence-electron chi connectivity index (χ0n) is 13.8. The second-order valence-electron chi connectivity index (χ2n) is 5.92. The van der Waals surface area contributed by atoms with E-state index in [1.807, 2.05) is 11.0 Å². The molecule has 0 aromatic heterocycles. The highest BCUT2D eigenvalue weighted by molar-refractivity contribution is 5.87. The standard InChI is InChI=1S/C17H30N2O3/c1-2-3-4-5-6-7-8-9-16(20)19-14-12-18(13-15-19)11-10-17(21)22/h8-9H,2-7,10-15H2,1H3,(H,21,22)/b9-8+. The lowest BCUT2D eigenvalue weighted by Gasteiger charge is -2.33. The van der Waals surface area contributed by atoms with Crippen molar-refractivity contribution in [1.29, 1.82) is 0 Å². The van der Waals surface area contributed by atoms with Crippen LogP contribution in [0, 0.1) is 0 Å². The summed E-state index contributed by atoms with van der Waals surface area (Å²) in [6.45, 7) is 5.71. The van der Waals surface area contributed by atoms with E-state index >= 15 is 0 Å². The summed E-state index contributed by atoms with van der Waals surface area (Å²) in [6, 6.07) is 0. The second kappa shape index (κ2) is 11.2. The largest absolute Gasteiger partial charge is 0.481 e. The van der Waals surface area contributed by atoms with Crippen LogP contribution < -0.4 is 0 Å². The summed E-state index contributed by atoms with van der Waals surface area (Å²) in [6.07, 6.45) is 11.1. The SMILES string of the molecule is CCCCCCC/C=C/C(=O)N1CCN(CCC(=O)O)CC1. The number of unbranched alkanes of at least 4 members (excludes halogenated alkanes) is 5. The van der Waals surface area contributed by atoms with Crippen molar-refractivity contribution in [2.45, 2.75) is 51.9 Å². The number of allylic oxidation sites excluding steroid dienone is 1. The van der Waals surface area contributed by atoms with E-state index in [0.717, 1.165) is 25.9 Å². The van der Waals surface area contributed by atoms with Crippen molar-refractivity contribution < 1.29 is 14.7 Å². The maximum atomic E-state index is 12.0. The average Bonchev–Trinajstić information content (AvgIpc) is 2.52. The molecule has 1 aliphatic heterocycles. The van der Waals surface area contributed by atoms with E-state index in [1.54, 1.807) is 6.08 Å². The Balaban J connectivity index is 2.12. The number of rotatable bonds is 10. The molecule has 1 heterocycles. The van der Waals surface area contributed by atoms with Crippen molar-refractivity contribution in [2.75, 3.05) is 32.7 Å². The zero-order chi connectivity index (χ0) is 16.2. The van der Waals surface area contributed by atoms with Gasteiger partial charge in [-0.25, -0.2) is 0 Å². The van der Waals surface area contributed by atoms with Crippen molar-refractivity contribution in [2.24, 2.45) is 0 Å². The predicted octanol–water partition coefficient (Wildman–Crippen LogP) is 2.52. The number of aliphatic carboxylic acids is 1. The van der Waals surface area contributed by atoms with Gasteiger partial charge in [-0.2, -0.15) is 0 Å². The molecule has 0 spiro atoms. The first-order chi connectivity index (χ1) is 10.6. The third-order valence-corrected chi connectivity index (χ3v) is 4.06. The van der Waals surface area contributed by atoms with Crippen LogP contribution in [0.15, 0.2) is 12.2 Å². The summed E-state index contributed by atoms with van der Waals surface area (Å²) in [7, 11) is 0. The summed E-state index contributed by atoms with van der Waals surface area (Å²) < 4.78 is 0. The summed E-state index contributed by atoms with van der Waals surface area (Å²) in [4.78, 5) is 26.5. The van der Waals surface area contributed by atoms with Crippen LogP contribution in [-0.4, -0.2) is 59.5 Å². The van der Waals surface area contributed by atoms with Crippen molar-refractivity contribution in [3.05, 3.63) is 12.2 Å². The summed E-state index contributed by atoms with van der Waals surface area (Å²) in [5.74, 6) is -0.674. The van der Waals surface area contributed by atoms with Gasteiger partial charge in [0.15, 0.2) is 0 Å². The lowest BCUT2D eigenvalue weighted by Crippen LogP contribution is -2.48. The van der Waals surface area contributed by atoms with Gasteiger partial charge in [0, 0.05) is 32.7 Å². The molecule has 1 saturated heterocycles. The van der Waals surface area contributed by atoms with Gasteiger partial charge < -0.3 is 10.0 Å². The Labute approximate surface area is 134 Å². The molecule has 1 fully saturated rings. The number of nitrogens with zero attached hydrogens (tertiary/aromatic N) is 2. The Morgan fingerprint density at radius 2 is 1.73 bits per heavy atom. The van der Waals surface area contributed by atoms with Gasteiger partial charge in [0.2, 0.25) is 5.91 Å². The molecule has 0 bridgehead atoms. The Kier molecular flexibility index (Phi) is 9.55. The fourth-order valence-corrected chi connectivity index (χ4v) is 2.60. The van der Waals surface area contributed by atoms with E-state index in [1.165, 1.54) is 25.7 Å². The van der Waals surface area contributed by atoms with Crippen molar-refractivity contribution in [1.82, 2.24) is 9.80 Å². The fraction of sp³-hybridized carbons (Fsp3) is 0.765. The highest BCUT2D eigenvalue weighted by atomic mass is 16.4. The van der Waals surface area contributed by atoms with Gasteiger partial charge in [0.25, 0.3) is 0 Å². The number of hydrogen-bond acceptors (Lipinski definition) is 3. The molecule has 126 valence electrons. The minimum Gasteiger partial charge on any atom is -0.481 e. The van der Waals surface area contributed by atoms with E-state index < -0.39 is 5.97 Å². The summed E-state index contributed by atoms with van der Waals surface area (Å²) in [5, 5.41) is 8.67. The highest BCUT2D eigenvalue weighted by Gasteiger charge is 2.19. The molecule has 0 aliphatic carbocycles. The van der Waals surface area contributed by atoms with Crippen LogP contribution in [0.4, 0.5) is 0 Å². The molecule has 0 radical (unpaired) electrons. The van der Waals surface area contributed by atoms with Crippen molar-refractivity contribution >= 4 is 11.9 Å². The molecular weight excluding hydrogens is 280 g/mol. The molecule has 1 amide bonds. The third-order valence-electron chi connectivity index (χ3n) is 4.06. The molecule has 1 aliphatic rings. The Bertz CT molecular complexity index is 361. The highest BCUT2D eigenvalue weighted by Crippen LogP contribution is 2.07. The third kappa shape index (κ3) is 8.17. The molecule has 0 unspecified atom stereocenters. The number of carbonyl (C=O) groups excluding carboxylic acids is 1. The van der Waals surface area contributed by atoms with Gasteiger partial charge in [-0.3, -0.25) is 14.5 Å². The number of carboxylic acids is 1. The van der Waals surface area contributed by atoms with Crippen LogP contribution in [0.25, 0.3) is 0 Å². The quantitative estimate of drug-likeness (QED) is 0.497. The molecule has 1 rings (SSSR count). The summed E-state index contributed by atoms with van der Waals surface area (Å²) >= 11 is 0. The topological polar surface area (TPSA) is 60.9 Å². The summed E-state index contributed by atoms with van der Waals surface area (Å²) in [5.41, 5.74) is 0. The zero-order valence-corrected chi connectivity index (χ0v) is 13.8. The minimum atomic E-state index is -0.764. The van der Waals surface area contributed by atoms with Crippen LogP contribution in [0.2, 0.25) is 0 Å². The molecule has 0 aromatic rings. The van der Waals surface area contributed by atoms with Gasteiger partial charge in [-0.05, 0) is 18.9 Å². The maximum Gasteiger partial charge on any atom is 0.304 e. The second-order valence-corrected chi connectivity index (χ2v) is 5.92. The van der Waals surface area contributed by atoms with Crippen LogP contribution in [0.5, 0.6) is 0 Å². The normalized spacial score (nSPS) is 16.3. The Morgan fingerprint density at radius 1 is 1.05 bits per heavy atom. The fourth-order valence-electron chi connectivity index (χ4n) is 2.60. The first kappa shape index (κ1) is 18.7. The number of carbonyl (C=O) groups is 2. The minimum absolute atomic E-state index is 0.0893. The van der Waals surface area contributed by atoms with Gasteiger partial charge >= 0.3 is 5.97 Å². The predicted molar refractivity (Wildman–Crippen MR) is 87.8 cm³/mol. The molecule has 1 N–H and O–H groups in total. The van der Waals surface area contributed by atoms with Gasteiger partial charge in [-0.1, -0.05) is 38.7 Å². The van der Waals surface area contributed by atoms with E-state index in [0.29, 0.717) is 19.6 Å². The van der Waals surface area contributed by atoms with E-state index in [-0.39, 0.29) is 12.3 Å². The lowest BCUT2D eigenvalue weighted by atomic mass is 10.1. The average molecular weight is 310 g/mol. The van der Waals surface area contributed by atoms with Crippen LogP contribution in [0.3, 0.4) is 0 Å². The molecule has 0 atom stereocenters. The molecule has 5 heteroatoms. The van der Waals surface area contributed by atoms with E-state index in [9.17, 15) is 9.59 Å². The molecule has 0 saturated carbocycles. The van der Waals surface area contributed by atoms with E-state index in [2.05, 4.69) is 11.8 Å². The van der Waals surface area contributed by atoms with Gasteiger partial charge in [0.05, 0.1) is 6.42 Å². The Hall–Kier alpha value is -1.36. The van der Waals surface area contributed by atoms with Crippen LogP contribution >= 0.6 is 0 Å². The smallest absolute Gasteiger partial charge is 0.304 e. The van der Waals surface area contributed by atoms with Crippen LogP contribution in [-0.2, 0) is 9.59 Å². The molecule has 0 aromatic carbocycles. The monoisotopic (exact) mass is 310 g/mol. The molecule has 22 heavy (non-hydrogen) atoms. The maximum absolute atomic E-state index is 12.0. The van der Waals surface area contributed by atoms with E-state index in [4.69, 9.17) is 5.11 Å². The van der Waals surface area contributed by atoms with Crippen LogP contribution in [0.1, 0.15) is 51.9 Å². The van der Waals surface area contributed by atoms with Gasteiger partial charge in [0.1, 0.15) is 0 Å². The van der Waals surface area contributed by atoms with Crippen molar-refractivity contribution in [3.8, 4) is 0 Å². The number of carboxylic acid groups (broad SMARTS) is 1. The lowest BCUT2D eigenvalue weighted by molar-refractivity contribution is -0.138. The molecular formula is C17H30N2O3. The first-order valence-electron chi connectivity index (χ1n) is 8.53. The number of amides is 1. The number of hydrogen-bond donors (Lipinski definition) is 1. The van der Waals surface area contributed by atoms with Crippen molar-refractivity contribution in [3.63, 3.8) is 0 Å². The van der Waals surface area contributed by atoms with Gasteiger partial charge in [-0.15, -0.1) is 0 Å². The Morgan fingerprint density at radius 3 is 2.36 bits per heavy atom. The number of piperazine rings is 1. The molecule has 5 nitrogen and oxygen atoms in total.